The highest BCUT2D eigenvalue weighted by atomic mass is 16.5. The first kappa shape index (κ1) is 18.4. The second kappa shape index (κ2) is 9.28. The van der Waals surface area contributed by atoms with Crippen molar-refractivity contribution in [3.63, 3.8) is 0 Å². The van der Waals surface area contributed by atoms with Gasteiger partial charge in [-0.2, -0.15) is 0 Å². The summed E-state index contributed by atoms with van der Waals surface area (Å²) in [4.78, 5) is 14.2. The van der Waals surface area contributed by atoms with Gasteiger partial charge in [0.15, 0.2) is 0 Å². The molecule has 0 fully saturated rings. The lowest BCUT2D eigenvalue weighted by molar-refractivity contribution is -0.124. The predicted molar refractivity (Wildman–Crippen MR) is 79.1 cm³/mol. The van der Waals surface area contributed by atoms with Gasteiger partial charge in [-0.3, -0.25) is 9.69 Å². The number of hydrogen-bond donors (Lipinski definition) is 2. The maximum Gasteiger partial charge on any atom is 0.234 e. The van der Waals surface area contributed by atoms with Crippen LogP contribution in [-0.2, 0) is 9.53 Å². The van der Waals surface area contributed by atoms with E-state index in [0.29, 0.717) is 19.7 Å². The Labute approximate surface area is 117 Å². The number of nitrogens with one attached hydrogen (secondary N) is 1. The molecule has 0 aromatic rings. The third-order valence-corrected chi connectivity index (χ3v) is 3.62. The molecule has 0 radical (unpaired) electrons. The number of carbonyl (C=O) groups excluding carboxylic acids is 1. The fraction of sp³-hybridized carbons (Fsp3) is 0.929. The second-order valence-corrected chi connectivity index (χ2v) is 5.40. The predicted octanol–water partition coefficient (Wildman–Crippen LogP) is 0.977. The number of ether oxygens (including phenoxy) is 1. The lowest BCUT2D eigenvalue weighted by Gasteiger charge is -2.39. The van der Waals surface area contributed by atoms with Crippen molar-refractivity contribution in [2.24, 2.45) is 5.73 Å². The minimum Gasteiger partial charge on any atom is -0.383 e. The number of hydrogen-bond acceptors (Lipinski definition) is 4. The Hall–Kier alpha value is -0.650. The molecule has 0 saturated heterocycles. The highest BCUT2D eigenvalue weighted by Gasteiger charge is 2.29. The molecule has 0 aliphatic carbocycles. The summed E-state index contributed by atoms with van der Waals surface area (Å²) in [6.45, 7) is 10.6. The van der Waals surface area contributed by atoms with Crippen LogP contribution in [0.5, 0.6) is 0 Å². The van der Waals surface area contributed by atoms with E-state index in [-0.39, 0.29) is 17.5 Å². The van der Waals surface area contributed by atoms with Gasteiger partial charge in [0.05, 0.1) is 13.2 Å². The minimum atomic E-state index is -0.113. The van der Waals surface area contributed by atoms with Crippen molar-refractivity contribution in [3.8, 4) is 0 Å². The SMILES string of the molecule is CCCN(CC(=O)NC(C)COC)C(C)(CC)CN. The molecule has 3 N–H and O–H groups in total. The molecule has 0 aromatic heterocycles. The van der Waals surface area contributed by atoms with Crippen LogP contribution in [0.1, 0.15) is 40.5 Å². The fourth-order valence-corrected chi connectivity index (χ4v) is 2.09. The Morgan fingerprint density at radius 3 is 2.53 bits per heavy atom. The third-order valence-electron chi connectivity index (χ3n) is 3.62. The zero-order valence-corrected chi connectivity index (χ0v) is 13.2. The third kappa shape index (κ3) is 6.36. The number of methoxy groups -OCH3 is 1. The summed E-state index contributed by atoms with van der Waals surface area (Å²) < 4.78 is 5.02. The standard InChI is InChI=1S/C14H31N3O2/c1-6-8-17(14(4,7-2)11-15)9-13(18)16-12(3)10-19-5/h12H,6-11,15H2,1-5H3,(H,16,18). The Balaban J connectivity index is 4.53. The van der Waals surface area contributed by atoms with E-state index in [0.717, 1.165) is 19.4 Å². The molecule has 0 aromatic carbocycles. The Kier molecular flexibility index (Phi) is 8.97. The van der Waals surface area contributed by atoms with Crippen LogP contribution in [-0.4, -0.2) is 55.7 Å². The van der Waals surface area contributed by atoms with E-state index in [1.165, 1.54) is 0 Å². The number of carbonyl (C=O) groups is 1. The van der Waals surface area contributed by atoms with Crippen LogP contribution in [0.2, 0.25) is 0 Å². The van der Waals surface area contributed by atoms with E-state index in [9.17, 15) is 4.79 Å². The molecule has 5 nitrogen and oxygen atoms in total. The molecule has 0 spiro atoms. The largest absolute Gasteiger partial charge is 0.383 e. The van der Waals surface area contributed by atoms with Crippen molar-refractivity contribution in [1.82, 2.24) is 10.2 Å². The molecule has 2 unspecified atom stereocenters. The first-order valence-electron chi connectivity index (χ1n) is 7.16. The van der Waals surface area contributed by atoms with Crippen LogP contribution in [0.3, 0.4) is 0 Å². The Morgan fingerprint density at radius 2 is 2.11 bits per heavy atom. The summed E-state index contributed by atoms with van der Waals surface area (Å²) in [5, 5.41) is 2.94. The molecule has 0 saturated carbocycles. The van der Waals surface area contributed by atoms with E-state index in [1.54, 1.807) is 7.11 Å². The Bertz CT molecular complexity index is 255. The Morgan fingerprint density at radius 1 is 1.47 bits per heavy atom. The molecular weight excluding hydrogens is 242 g/mol. The summed E-state index contributed by atoms with van der Waals surface area (Å²) in [5.74, 6) is 0.0334. The first-order chi connectivity index (χ1) is 8.93. The maximum atomic E-state index is 12.0. The summed E-state index contributed by atoms with van der Waals surface area (Å²) in [6, 6.07) is 0.0340. The van der Waals surface area contributed by atoms with Crippen LogP contribution in [0.25, 0.3) is 0 Å². The van der Waals surface area contributed by atoms with Crippen molar-refractivity contribution >= 4 is 5.91 Å². The molecular formula is C14H31N3O2. The average molecular weight is 273 g/mol. The van der Waals surface area contributed by atoms with Crippen molar-refractivity contribution in [3.05, 3.63) is 0 Å². The minimum absolute atomic E-state index is 0.0334. The maximum absolute atomic E-state index is 12.0. The molecule has 0 aliphatic heterocycles. The quantitative estimate of drug-likeness (QED) is 0.622. The topological polar surface area (TPSA) is 67.6 Å². The van der Waals surface area contributed by atoms with E-state index in [1.807, 2.05) is 6.92 Å². The number of nitrogens with two attached hydrogens (primary N) is 1. The van der Waals surface area contributed by atoms with Crippen molar-refractivity contribution < 1.29 is 9.53 Å². The molecule has 0 bridgehead atoms. The highest BCUT2D eigenvalue weighted by molar-refractivity contribution is 5.78. The van der Waals surface area contributed by atoms with Crippen molar-refractivity contribution in [1.29, 1.82) is 0 Å². The molecule has 114 valence electrons. The van der Waals surface area contributed by atoms with Gasteiger partial charge in [-0.15, -0.1) is 0 Å². The van der Waals surface area contributed by atoms with Gasteiger partial charge in [0.25, 0.3) is 0 Å². The van der Waals surface area contributed by atoms with E-state index < -0.39 is 0 Å². The van der Waals surface area contributed by atoms with E-state index in [4.69, 9.17) is 10.5 Å². The number of amides is 1. The number of rotatable bonds is 10. The fourth-order valence-electron chi connectivity index (χ4n) is 2.09. The molecule has 5 heteroatoms. The van der Waals surface area contributed by atoms with Gasteiger partial charge in [-0.25, -0.2) is 0 Å². The summed E-state index contributed by atoms with van der Waals surface area (Å²) in [7, 11) is 1.63. The summed E-state index contributed by atoms with van der Waals surface area (Å²) >= 11 is 0. The molecule has 1 amide bonds. The normalized spacial score (nSPS) is 16.2. The van der Waals surface area contributed by atoms with Gasteiger partial charge in [0.1, 0.15) is 0 Å². The van der Waals surface area contributed by atoms with Gasteiger partial charge in [-0.1, -0.05) is 13.8 Å². The molecule has 0 rings (SSSR count). The van der Waals surface area contributed by atoms with Crippen molar-refractivity contribution in [2.45, 2.75) is 52.1 Å². The zero-order chi connectivity index (χ0) is 14.9. The van der Waals surface area contributed by atoms with Crippen molar-refractivity contribution in [2.75, 3.05) is 33.4 Å². The molecule has 2 atom stereocenters. The lowest BCUT2D eigenvalue weighted by atomic mass is 9.96. The monoisotopic (exact) mass is 273 g/mol. The lowest BCUT2D eigenvalue weighted by Crippen LogP contribution is -2.55. The number of nitrogens with zero attached hydrogens (tertiary/aromatic N) is 1. The van der Waals surface area contributed by atoms with Gasteiger partial charge in [0, 0.05) is 25.2 Å². The van der Waals surface area contributed by atoms with Crippen LogP contribution in [0, 0.1) is 0 Å². The van der Waals surface area contributed by atoms with Crippen LogP contribution >= 0.6 is 0 Å². The smallest absolute Gasteiger partial charge is 0.234 e. The average Bonchev–Trinajstić information content (AvgIpc) is 2.37. The summed E-state index contributed by atoms with van der Waals surface area (Å²) in [5.41, 5.74) is 5.77. The molecule has 19 heavy (non-hydrogen) atoms. The first-order valence-corrected chi connectivity index (χ1v) is 7.16. The van der Waals surface area contributed by atoms with Crippen LogP contribution in [0.15, 0.2) is 0 Å². The molecule has 0 heterocycles. The zero-order valence-electron chi connectivity index (χ0n) is 13.2. The van der Waals surface area contributed by atoms with E-state index in [2.05, 4.69) is 31.0 Å². The molecule has 0 aliphatic rings. The van der Waals surface area contributed by atoms with Gasteiger partial charge < -0.3 is 15.8 Å². The van der Waals surface area contributed by atoms with E-state index >= 15 is 0 Å². The van der Waals surface area contributed by atoms with Crippen LogP contribution < -0.4 is 11.1 Å². The summed E-state index contributed by atoms with van der Waals surface area (Å²) in [6.07, 6.45) is 1.95. The highest BCUT2D eigenvalue weighted by Crippen LogP contribution is 2.18. The van der Waals surface area contributed by atoms with Gasteiger partial charge in [-0.05, 0) is 33.2 Å². The van der Waals surface area contributed by atoms with Crippen LogP contribution in [0.4, 0.5) is 0 Å². The van der Waals surface area contributed by atoms with Gasteiger partial charge >= 0.3 is 0 Å². The second-order valence-electron chi connectivity index (χ2n) is 5.40. The van der Waals surface area contributed by atoms with Gasteiger partial charge in [0.2, 0.25) is 5.91 Å².